The molecule has 5 rings (SSSR count). The maximum Gasteiger partial charge on any atom is 0.275 e. The SMILES string of the molecule is Cn1ncc(NC(=O)c2csc(-c3n[nH]c4ccccc34)n2)c1[C@@H]1CC[C@@H](N)[C@H](F)CO1. The molecule has 0 bridgehead atoms. The van der Waals surface area contributed by atoms with E-state index in [1.54, 1.807) is 23.3 Å². The first-order valence-corrected chi connectivity index (χ1v) is 11.1. The summed E-state index contributed by atoms with van der Waals surface area (Å²) in [6.45, 7) is -0.0858. The first-order valence-electron chi connectivity index (χ1n) is 10.2. The minimum absolute atomic E-state index is 0.0858. The fourth-order valence-corrected chi connectivity index (χ4v) is 4.68. The van der Waals surface area contributed by atoms with Crippen molar-refractivity contribution in [1.82, 2.24) is 25.0 Å². The highest BCUT2D eigenvalue weighted by Gasteiger charge is 2.30. The number of carbonyl (C=O) groups is 1. The molecule has 9 nitrogen and oxygen atoms in total. The first-order chi connectivity index (χ1) is 15.5. The second-order valence-corrected chi connectivity index (χ2v) is 8.61. The third kappa shape index (κ3) is 3.78. The highest BCUT2D eigenvalue weighted by molar-refractivity contribution is 7.13. The summed E-state index contributed by atoms with van der Waals surface area (Å²) in [5.74, 6) is -0.365. The van der Waals surface area contributed by atoms with Gasteiger partial charge >= 0.3 is 0 Å². The summed E-state index contributed by atoms with van der Waals surface area (Å²) in [5, 5.41) is 17.7. The lowest BCUT2D eigenvalue weighted by Crippen LogP contribution is -2.32. The molecule has 0 saturated carbocycles. The van der Waals surface area contributed by atoms with Crippen LogP contribution in [0.15, 0.2) is 35.8 Å². The van der Waals surface area contributed by atoms with E-state index in [2.05, 4.69) is 25.6 Å². The molecule has 1 fully saturated rings. The van der Waals surface area contributed by atoms with Gasteiger partial charge in [-0.15, -0.1) is 11.3 Å². The van der Waals surface area contributed by atoms with Crippen molar-refractivity contribution in [3.8, 4) is 10.7 Å². The van der Waals surface area contributed by atoms with Crippen molar-refractivity contribution >= 4 is 33.8 Å². The molecule has 0 unspecified atom stereocenters. The van der Waals surface area contributed by atoms with Gasteiger partial charge in [0.15, 0.2) is 0 Å². The van der Waals surface area contributed by atoms with Crippen LogP contribution in [0, 0.1) is 0 Å². The molecule has 1 saturated heterocycles. The Bertz CT molecular complexity index is 1250. The lowest BCUT2D eigenvalue weighted by Gasteiger charge is -2.17. The summed E-state index contributed by atoms with van der Waals surface area (Å²) in [5.41, 5.74) is 8.91. The third-order valence-electron chi connectivity index (χ3n) is 5.63. The van der Waals surface area contributed by atoms with Gasteiger partial charge in [-0.1, -0.05) is 18.2 Å². The Morgan fingerprint density at radius 1 is 1.38 bits per heavy atom. The number of aryl methyl sites for hydroxylation is 1. The zero-order valence-corrected chi connectivity index (χ0v) is 18.1. The van der Waals surface area contributed by atoms with E-state index in [0.717, 1.165) is 10.9 Å². The average Bonchev–Trinajstić information content (AvgIpc) is 3.50. The summed E-state index contributed by atoms with van der Waals surface area (Å²) in [6.07, 6.45) is 0.959. The van der Waals surface area contributed by atoms with Crippen molar-refractivity contribution < 1.29 is 13.9 Å². The van der Waals surface area contributed by atoms with Gasteiger partial charge in [0.1, 0.15) is 28.7 Å². The monoisotopic (exact) mass is 455 g/mol. The average molecular weight is 456 g/mol. The van der Waals surface area contributed by atoms with Crippen molar-refractivity contribution in [2.45, 2.75) is 31.2 Å². The largest absolute Gasteiger partial charge is 0.369 e. The Morgan fingerprint density at radius 3 is 3.09 bits per heavy atom. The van der Waals surface area contributed by atoms with E-state index in [4.69, 9.17) is 10.5 Å². The number of H-pyrrole nitrogens is 1. The number of nitrogens with zero attached hydrogens (tertiary/aromatic N) is 4. The maximum absolute atomic E-state index is 13.9. The quantitative estimate of drug-likeness (QED) is 0.434. The second-order valence-electron chi connectivity index (χ2n) is 7.76. The topological polar surface area (TPSA) is 124 Å². The molecule has 1 amide bonds. The Balaban J connectivity index is 1.36. The molecule has 0 aliphatic carbocycles. The van der Waals surface area contributed by atoms with E-state index >= 15 is 0 Å². The van der Waals surface area contributed by atoms with Gasteiger partial charge in [0.25, 0.3) is 5.91 Å². The number of amides is 1. The molecule has 32 heavy (non-hydrogen) atoms. The number of para-hydroxylation sites is 1. The Morgan fingerprint density at radius 2 is 2.22 bits per heavy atom. The molecule has 4 aromatic rings. The Hall–Kier alpha value is -3.15. The number of fused-ring (bicyclic) bond motifs is 1. The molecule has 4 N–H and O–H groups in total. The molecular weight excluding hydrogens is 433 g/mol. The van der Waals surface area contributed by atoms with E-state index in [0.29, 0.717) is 34.9 Å². The third-order valence-corrected chi connectivity index (χ3v) is 6.48. The van der Waals surface area contributed by atoms with Gasteiger partial charge < -0.3 is 15.8 Å². The number of aromatic nitrogens is 5. The highest BCUT2D eigenvalue weighted by Crippen LogP contribution is 2.33. The van der Waals surface area contributed by atoms with E-state index in [9.17, 15) is 9.18 Å². The van der Waals surface area contributed by atoms with Crippen LogP contribution in [0.25, 0.3) is 21.6 Å². The van der Waals surface area contributed by atoms with Crippen LogP contribution in [0.1, 0.15) is 35.1 Å². The number of rotatable bonds is 4. The predicted octanol–water partition coefficient (Wildman–Crippen LogP) is 3.19. The van der Waals surface area contributed by atoms with Crippen molar-refractivity contribution in [3.05, 3.63) is 47.2 Å². The summed E-state index contributed by atoms with van der Waals surface area (Å²) in [4.78, 5) is 17.4. The fraction of sp³-hybridized carbons (Fsp3) is 0.333. The van der Waals surface area contributed by atoms with Crippen LogP contribution >= 0.6 is 11.3 Å². The van der Waals surface area contributed by atoms with Gasteiger partial charge in [0.05, 0.1) is 29.7 Å². The van der Waals surface area contributed by atoms with Crippen molar-refractivity contribution in [2.75, 3.05) is 11.9 Å². The van der Waals surface area contributed by atoms with Crippen LogP contribution < -0.4 is 11.1 Å². The number of anilines is 1. The number of thiazole rings is 1. The summed E-state index contributed by atoms with van der Waals surface area (Å²) in [7, 11) is 1.76. The summed E-state index contributed by atoms with van der Waals surface area (Å²) >= 11 is 1.35. The van der Waals surface area contributed by atoms with Crippen LogP contribution in [0.5, 0.6) is 0 Å². The molecule has 0 spiro atoms. The molecule has 3 atom stereocenters. The zero-order valence-electron chi connectivity index (χ0n) is 17.3. The lowest BCUT2D eigenvalue weighted by atomic mass is 10.0. The normalized spacial score (nSPS) is 21.5. The van der Waals surface area contributed by atoms with Crippen LogP contribution in [-0.2, 0) is 11.8 Å². The molecular formula is C21H22FN7O2S. The number of hydrogen-bond donors (Lipinski definition) is 3. The first kappa shape index (κ1) is 20.7. The van der Waals surface area contributed by atoms with Crippen LogP contribution in [0.4, 0.5) is 10.1 Å². The van der Waals surface area contributed by atoms with E-state index in [-0.39, 0.29) is 18.2 Å². The molecule has 4 heterocycles. The van der Waals surface area contributed by atoms with Crippen LogP contribution in [0.2, 0.25) is 0 Å². The van der Waals surface area contributed by atoms with Crippen LogP contribution in [-0.4, -0.2) is 49.7 Å². The number of carbonyl (C=O) groups excluding carboxylic acids is 1. The standard InChI is InChI=1S/C21H22FN7O2S/c1-29-19(17-7-6-13(23)12(22)9-31-17)15(8-24-29)25-20(30)16-10-32-21(26-16)18-11-4-2-3-5-14(11)27-28-18/h2-5,8,10,12-13,17H,6-7,9,23H2,1H3,(H,25,30)(H,27,28)/t12-,13-,17+/m1/s1. The van der Waals surface area contributed by atoms with E-state index in [1.165, 1.54) is 11.3 Å². The predicted molar refractivity (Wildman–Crippen MR) is 119 cm³/mol. The summed E-state index contributed by atoms with van der Waals surface area (Å²) < 4.78 is 21.3. The number of nitrogens with two attached hydrogens (primary N) is 1. The highest BCUT2D eigenvalue weighted by atomic mass is 32.1. The zero-order chi connectivity index (χ0) is 22.2. The van der Waals surface area contributed by atoms with E-state index < -0.39 is 18.3 Å². The van der Waals surface area contributed by atoms with Crippen molar-refractivity contribution in [2.24, 2.45) is 12.8 Å². The second kappa shape index (κ2) is 8.41. The molecule has 1 aliphatic rings. The van der Waals surface area contributed by atoms with Gasteiger partial charge in [0.2, 0.25) is 0 Å². The Kier molecular flexibility index (Phi) is 5.45. The molecule has 166 valence electrons. The number of benzene rings is 1. The maximum atomic E-state index is 13.9. The molecule has 1 aromatic carbocycles. The van der Waals surface area contributed by atoms with Gasteiger partial charge in [-0.3, -0.25) is 14.6 Å². The van der Waals surface area contributed by atoms with Gasteiger partial charge in [0, 0.05) is 23.9 Å². The molecule has 11 heteroatoms. The minimum Gasteiger partial charge on any atom is -0.369 e. The van der Waals surface area contributed by atoms with Gasteiger partial charge in [-0.25, -0.2) is 9.37 Å². The molecule has 1 aliphatic heterocycles. The smallest absolute Gasteiger partial charge is 0.275 e. The van der Waals surface area contributed by atoms with E-state index in [1.807, 2.05) is 24.3 Å². The van der Waals surface area contributed by atoms with Crippen LogP contribution in [0.3, 0.4) is 0 Å². The number of alkyl halides is 1. The lowest BCUT2D eigenvalue weighted by molar-refractivity contribution is 0.0247. The number of hydrogen-bond acceptors (Lipinski definition) is 7. The summed E-state index contributed by atoms with van der Waals surface area (Å²) in [6, 6.07) is 7.19. The van der Waals surface area contributed by atoms with Crippen molar-refractivity contribution in [1.29, 1.82) is 0 Å². The molecule has 3 aromatic heterocycles. The molecule has 0 radical (unpaired) electrons. The number of nitrogens with one attached hydrogen (secondary N) is 2. The van der Waals surface area contributed by atoms with Gasteiger partial charge in [-0.2, -0.15) is 10.2 Å². The Labute approximate surface area is 186 Å². The van der Waals surface area contributed by atoms with Crippen molar-refractivity contribution in [3.63, 3.8) is 0 Å². The number of halogens is 1. The number of aromatic amines is 1. The van der Waals surface area contributed by atoms with Gasteiger partial charge in [-0.05, 0) is 18.9 Å². The number of ether oxygens (including phenoxy) is 1. The minimum atomic E-state index is -1.21. The fourth-order valence-electron chi connectivity index (χ4n) is 3.88.